The van der Waals surface area contributed by atoms with Gasteiger partial charge in [0, 0.05) is 45.1 Å². The quantitative estimate of drug-likeness (QED) is 0.822. The Morgan fingerprint density at radius 2 is 2.17 bits per heavy atom. The van der Waals surface area contributed by atoms with Crippen molar-refractivity contribution < 1.29 is 4.79 Å². The molecule has 2 rings (SSSR count). The van der Waals surface area contributed by atoms with E-state index >= 15 is 0 Å². The molecule has 0 spiro atoms. The lowest BCUT2D eigenvalue weighted by Gasteiger charge is -2.35. The lowest BCUT2D eigenvalue weighted by molar-refractivity contribution is -0.134. The molecule has 2 N–H and O–H groups in total. The highest BCUT2D eigenvalue weighted by molar-refractivity contribution is 5.81. The summed E-state index contributed by atoms with van der Waals surface area (Å²) in [5.74, 6) is 0.0519. The van der Waals surface area contributed by atoms with Crippen LogP contribution in [0.15, 0.2) is 24.5 Å². The van der Waals surface area contributed by atoms with Crippen LogP contribution in [0.25, 0.3) is 0 Å². The normalized spacial score (nSPS) is 18.7. The van der Waals surface area contributed by atoms with Gasteiger partial charge < -0.3 is 10.6 Å². The molecule has 0 aliphatic carbocycles. The van der Waals surface area contributed by atoms with Crippen LogP contribution in [0.2, 0.25) is 0 Å². The monoisotopic (exact) mass is 248 g/mol. The van der Waals surface area contributed by atoms with Crippen molar-refractivity contribution in [1.29, 1.82) is 0 Å². The molecule has 1 fully saturated rings. The predicted octanol–water partition coefficient (Wildman–Crippen LogP) is 0.0730. The van der Waals surface area contributed by atoms with Gasteiger partial charge in [-0.1, -0.05) is 6.07 Å². The van der Waals surface area contributed by atoms with Gasteiger partial charge in [-0.15, -0.1) is 0 Å². The second kappa shape index (κ2) is 5.93. The van der Waals surface area contributed by atoms with Crippen LogP contribution in [-0.4, -0.2) is 52.9 Å². The van der Waals surface area contributed by atoms with Crippen molar-refractivity contribution >= 4 is 5.91 Å². The zero-order valence-corrected chi connectivity index (χ0v) is 10.7. The molecule has 5 nitrogen and oxygen atoms in total. The highest BCUT2D eigenvalue weighted by Gasteiger charge is 2.22. The van der Waals surface area contributed by atoms with Crippen LogP contribution < -0.4 is 5.73 Å². The Hall–Kier alpha value is -1.46. The van der Waals surface area contributed by atoms with E-state index in [1.807, 2.05) is 17.2 Å². The van der Waals surface area contributed by atoms with E-state index in [2.05, 4.69) is 16.0 Å². The van der Waals surface area contributed by atoms with Crippen LogP contribution in [0, 0.1) is 0 Å². The Balaban J connectivity index is 1.82. The number of amides is 1. The topological polar surface area (TPSA) is 62.5 Å². The molecule has 18 heavy (non-hydrogen) atoms. The molecule has 1 aliphatic rings. The Morgan fingerprint density at radius 1 is 1.44 bits per heavy atom. The molecule has 1 saturated heterocycles. The number of carbonyl (C=O) groups is 1. The van der Waals surface area contributed by atoms with E-state index < -0.39 is 6.04 Å². The molecule has 1 amide bonds. The summed E-state index contributed by atoms with van der Waals surface area (Å²) in [4.78, 5) is 20.0. The zero-order valence-electron chi connectivity index (χ0n) is 10.7. The summed E-state index contributed by atoms with van der Waals surface area (Å²) in [6.45, 7) is 5.96. The van der Waals surface area contributed by atoms with Crippen molar-refractivity contribution in [3.8, 4) is 0 Å². The van der Waals surface area contributed by atoms with Crippen molar-refractivity contribution in [3.63, 3.8) is 0 Å². The van der Waals surface area contributed by atoms with Crippen molar-refractivity contribution in [2.24, 2.45) is 5.73 Å². The molecule has 0 aromatic carbocycles. The first-order chi connectivity index (χ1) is 8.66. The molecule has 1 aromatic rings. The number of rotatable bonds is 3. The smallest absolute Gasteiger partial charge is 0.239 e. The molecule has 0 saturated carbocycles. The van der Waals surface area contributed by atoms with E-state index in [1.165, 1.54) is 5.56 Å². The Kier molecular flexibility index (Phi) is 4.28. The van der Waals surface area contributed by atoms with Crippen molar-refractivity contribution in [2.45, 2.75) is 19.5 Å². The van der Waals surface area contributed by atoms with Crippen molar-refractivity contribution in [1.82, 2.24) is 14.8 Å². The van der Waals surface area contributed by atoms with Crippen LogP contribution >= 0.6 is 0 Å². The molecular formula is C13H20N4O. The van der Waals surface area contributed by atoms with E-state index in [-0.39, 0.29) is 5.91 Å². The fourth-order valence-corrected chi connectivity index (χ4v) is 2.16. The summed E-state index contributed by atoms with van der Waals surface area (Å²) in [6.07, 6.45) is 3.67. The maximum atomic E-state index is 11.7. The molecule has 98 valence electrons. The molecular weight excluding hydrogens is 228 g/mol. The van der Waals surface area contributed by atoms with E-state index in [0.717, 1.165) is 32.7 Å². The number of pyridine rings is 1. The molecule has 1 atom stereocenters. The van der Waals surface area contributed by atoms with E-state index in [4.69, 9.17) is 5.73 Å². The second-order valence-corrected chi connectivity index (χ2v) is 4.75. The third-order valence-corrected chi connectivity index (χ3v) is 3.20. The van der Waals surface area contributed by atoms with Gasteiger partial charge in [0.15, 0.2) is 0 Å². The number of aromatic nitrogens is 1. The summed E-state index contributed by atoms with van der Waals surface area (Å²) in [7, 11) is 0. The Morgan fingerprint density at radius 3 is 2.72 bits per heavy atom. The Labute approximate surface area is 108 Å². The summed E-state index contributed by atoms with van der Waals surface area (Å²) in [6, 6.07) is 3.63. The maximum absolute atomic E-state index is 11.7. The van der Waals surface area contributed by atoms with E-state index in [1.54, 1.807) is 13.1 Å². The van der Waals surface area contributed by atoms with Crippen LogP contribution in [0.3, 0.4) is 0 Å². The first-order valence-corrected chi connectivity index (χ1v) is 6.32. The number of nitrogens with two attached hydrogens (primary N) is 1. The van der Waals surface area contributed by atoms with Gasteiger partial charge in [-0.2, -0.15) is 0 Å². The second-order valence-electron chi connectivity index (χ2n) is 4.75. The van der Waals surface area contributed by atoms with Crippen LogP contribution in [0.1, 0.15) is 12.5 Å². The fraction of sp³-hybridized carbons (Fsp3) is 0.538. The van der Waals surface area contributed by atoms with Gasteiger partial charge >= 0.3 is 0 Å². The van der Waals surface area contributed by atoms with Gasteiger partial charge in [0.05, 0.1) is 6.04 Å². The summed E-state index contributed by atoms with van der Waals surface area (Å²) in [5, 5.41) is 0. The molecule has 0 bridgehead atoms. The van der Waals surface area contributed by atoms with Gasteiger partial charge in [0.25, 0.3) is 0 Å². The third kappa shape index (κ3) is 3.27. The van der Waals surface area contributed by atoms with E-state index in [0.29, 0.717) is 0 Å². The molecule has 1 aliphatic heterocycles. The number of piperazine rings is 1. The SMILES string of the molecule is C[C@@H](N)C(=O)N1CCN(Cc2cccnc2)CC1. The maximum Gasteiger partial charge on any atom is 0.239 e. The third-order valence-electron chi connectivity index (χ3n) is 3.20. The fourth-order valence-electron chi connectivity index (χ4n) is 2.16. The van der Waals surface area contributed by atoms with Gasteiger partial charge in [0.2, 0.25) is 5.91 Å². The standard InChI is InChI=1S/C13H20N4O/c1-11(14)13(18)17-7-5-16(6-8-17)10-12-3-2-4-15-9-12/h2-4,9,11H,5-8,10,14H2,1H3/t11-/m1/s1. The molecule has 0 radical (unpaired) electrons. The van der Waals surface area contributed by atoms with Crippen LogP contribution in [0.5, 0.6) is 0 Å². The highest BCUT2D eigenvalue weighted by atomic mass is 16.2. The zero-order chi connectivity index (χ0) is 13.0. The average Bonchev–Trinajstić information content (AvgIpc) is 2.40. The summed E-state index contributed by atoms with van der Waals surface area (Å²) < 4.78 is 0. The van der Waals surface area contributed by atoms with Crippen molar-refractivity contribution in [2.75, 3.05) is 26.2 Å². The number of hydrogen-bond acceptors (Lipinski definition) is 4. The number of carbonyl (C=O) groups excluding carboxylic acids is 1. The van der Waals surface area contributed by atoms with E-state index in [9.17, 15) is 4.79 Å². The first kappa shape index (κ1) is 13.0. The number of hydrogen-bond donors (Lipinski definition) is 1. The van der Waals surface area contributed by atoms with Gasteiger partial charge in [-0.25, -0.2) is 0 Å². The molecule has 2 heterocycles. The first-order valence-electron chi connectivity index (χ1n) is 6.32. The lowest BCUT2D eigenvalue weighted by atomic mass is 10.2. The summed E-state index contributed by atoms with van der Waals surface area (Å²) >= 11 is 0. The minimum Gasteiger partial charge on any atom is -0.339 e. The molecule has 1 aromatic heterocycles. The van der Waals surface area contributed by atoms with Gasteiger partial charge in [0.1, 0.15) is 0 Å². The largest absolute Gasteiger partial charge is 0.339 e. The molecule has 5 heteroatoms. The number of nitrogens with zero attached hydrogens (tertiary/aromatic N) is 3. The predicted molar refractivity (Wildman–Crippen MR) is 69.7 cm³/mol. The molecule has 0 unspecified atom stereocenters. The average molecular weight is 248 g/mol. The highest BCUT2D eigenvalue weighted by Crippen LogP contribution is 2.08. The van der Waals surface area contributed by atoms with Crippen LogP contribution in [0.4, 0.5) is 0 Å². The van der Waals surface area contributed by atoms with Gasteiger partial charge in [-0.05, 0) is 18.6 Å². The Bertz CT molecular complexity index is 385. The lowest BCUT2D eigenvalue weighted by Crippen LogP contribution is -2.52. The minimum atomic E-state index is -0.394. The van der Waals surface area contributed by atoms with Crippen molar-refractivity contribution in [3.05, 3.63) is 30.1 Å². The van der Waals surface area contributed by atoms with Crippen LogP contribution in [-0.2, 0) is 11.3 Å². The van der Waals surface area contributed by atoms with Gasteiger partial charge in [-0.3, -0.25) is 14.7 Å². The summed E-state index contributed by atoms with van der Waals surface area (Å²) in [5.41, 5.74) is 6.82. The minimum absolute atomic E-state index is 0.0519.